The fourth-order valence-corrected chi connectivity index (χ4v) is 2.34. The van der Waals surface area contributed by atoms with Crippen molar-refractivity contribution >= 4 is 0 Å². The molecule has 2 fully saturated rings. The zero-order valence-electron chi connectivity index (χ0n) is 9.81. The second-order valence-electron chi connectivity index (χ2n) is 4.62. The van der Waals surface area contributed by atoms with E-state index in [1.54, 1.807) is 0 Å². The molecular formula is C13H16O5. The molecule has 2 heterocycles. The number of hydrogen-bond donors (Lipinski definition) is 2. The van der Waals surface area contributed by atoms with Crippen LogP contribution in [0.4, 0.5) is 0 Å². The molecule has 5 nitrogen and oxygen atoms in total. The molecule has 0 aromatic heterocycles. The second kappa shape index (κ2) is 4.95. The molecule has 0 aliphatic carbocycles. The Labute approximate surface area is 105 Å². The van der Waals surface area contributed by atoms with Gasteiger partial charge in [-0.15, -0.1) is 0 Å². The molecule has 18 heavy (non-hydrogen) atoms. The maximum atomic E-state index is 9.96. The molecule has 3 rings (SSSR count). The largest absolute Gasteiger partial charge is 0.387 e. The summed E-state index contributed by atoms with van der Waals surface area (Å²) in [6, 6.07) is 9.67. The number of fused-ring (bicyclic) bond motifs is 2. The Kier molecular flexibility index (Phi) is 3.32. The predicted octanol–water partition coefficient (Wildman–Crippen LogP) is 0.0487. The highest BCUT2D eigenvalue weighted by Gasteiger charge is 2.50. The minimum Gasteiger partial charge on any atom is -0.387 e. The van der Waals surface area contributed by atoms with Crippen molar-refractivity contribution in [2.45, 2.75) is 37.3 Å². The Balaban J connectivity index is 1.65. The summed E-state index contributed by atoms with van der Waals surface area (Å²) in [5.74, 6) is 0. The van der Waals surface area contributed by atoms with E-state index in [-0.39, 0.29) is 6.10 Å². The van der Waals surface area contributed by atoms with Crippen molar-refractivity contribution < 1.29 is 24.4 Å². The van der Waals surface area contributed by atoms with Crippen LogP contribution in [0.5, 0.6) is 0 Å². The molecule has 2 N–H and O–H groups in total. The van der Waals surface area contributed by atoms with Gasteiger partial charge in [0.1, 0.15) is 24.4 Å². The molecular weight excluding hydrogens is 236 g/mol. The summed E-state index contributed by atoms with van der Waals surface area (Å²) in [5.41, 5.74) is 1.01. The molecule has 2 aliphatic heterocycles. The van der Waals surface area contributed by atoms with Crippen LogP contribution in [0.15, 0.2) is 30.3 Å². The van der Waals surface area contributed by atoms with Crippen molar-refractivity contribution in [3.63, 3.8) is 0 Å². The van der Waals surface area contributed by atoms with E-state index in [9.17, 15) is 10.2 Å². The first kappa shape index (κ1) is 12.1. The summed E-state index contributed by atoms with van der Waals surface area (Å²) in [5, 5.41) is 19.7. The van der Waals surface area contributed by atoms with Crippen molar-refractivity contribution in [3.05, 3.63) is 35.9 Å². The lowest BCUT2D eigenvalue weighted by atomic mass is 10.0. The quantitative estimate of drug-likeness (QED) is 0.795. The fraction of sp³-hybridized carbons (Fsp3) is 0.538. The van der Waals surface area contributed by atoms with Crippen LogP contribution in [0, 0.1) is 0 Å². The molecule has 5 atom stereocenters. The summed E-state index contributed by atoms with van der Waals surface area (Å²) < 4.78 is 16.3. The van der Waals surface area contributed by atoms with E-state index >= 15 is 0 Å². The normalized spacial score (nSPS) is 38.9. The minimum absolute atomic E-state index is 0.308. The van der Waals surface area contributed by atoms with Gasteiger partial charge in [0.2, 0.25) is 0 Å². The fourth-order valence-electron chi connectivity index (χ4n) is 2.34. The van der Waals surface area contributed by atoms with E-state index < -0.39 is 24.6 Å². The third-order valence-electron chi connectivity index (χ3n) is 3.35. The molecule has 0 spiro atoms. The Bertz CT molecular complexity index is 396. The molecule has 2 aliphatic rings. The molecule has 0 saturated carbocycles. The molecule has 2 saturated heterocycles. The van der Waals surface area contributed by atoms with Crippen LogP contribution in [0.1, 0.15) is 5.56 Å². The number of benzene rings is 1. The molecule has 2 bridgehead atoms. The zero-order chi connectivity index (χ0) is 12.5. The number of hydrogen-bond acceptors (Lipinski definition) is 5. The van der Waals surface area contributed by atoms with Gasteiger partial charge in [-0.2, -0.15) is 0 Å². The van der Waals surface area contributed by atoms with Crippen molar-refractivity contribution in [2.75, 3.05) is 6.61 Å². The second-order valence-corrected chi connectivity index (χ2v) is 4.62. The molecule has 98 valence electrons. The summed E-state index contributed by atoms with van der Waals surface area (Å²) in [6.45, 7) is 0.720. The minimum atomic E-state index is -1.05. The number of ether oxygens (including phenoxy) is 3. The predicted molar refractivity (Wildman–Crippen MR) is 61.6 cm³/mol. The van der Waals surface area contributed by atoms with E-state index in [0.29, 0.717) is 13.2 Å². The summed E-state index contributed by atoms with van der Waals surface area (Å²) in [7, 11) is 0. The molecule has 1 aromatic rings. The zero-order valence-corrected chi connectivity index (χ0v) is 9.81. The molecule has 5 heteroatoms. The van der Waals surface area contributed by atoms with Crippen LogP contribution in [0.3, 0.4) is 0 Å². The van der Waals surface area contributed by atoms with Crippen LogP contribution in [0.2, 0.25) is 0 Å². The smallest absolute Gasteiger partial charge is 0.186 e. The van der Waals surface area contributed by atoms with Gasteiger partial charge in [-0.3, -0.25) is 0 Å². The first-order valence-corrected chi connectivity index (χ1v) is 6.04. The Morgan fingerprint density at radius 1 is 1.17 bits per heavy atom. The van der Waals surface area contributed by atoms with Crippen molar-refractivity contribution in [1.29, 1.82) is 0 Å². The van der Waals surface area contributed by atoms with E-state index in [4.69, 9.17) is 14.2 Å². The summed E-state index contributed by atoms with van der Waals surface area (Å²) in [6.07, 6.45) is -3.61. The first-order chi connectivity index (χ1) is 8.75. The van der Waals surface area contributed by atoms with E-state index in [1.807, 2.05) is 30.3 Å². The maximum Gasteiger partial charge on any atom is 0.186 e. The van der Waals surface area contributed by atoms with Gasteiger partial charge in [-0.05, 0) is 5.56 Å². The topological polar surface area (TPSA) is 68.2 Å². The molecule has 0 unspecified atom stereocenters. The number of aliphatic hydroxyl groups is 2. The lowest BCUT2D eigenvalue weighted by molar-refractivity contribution is -0.240. The van der Waals surface area contributed by atoms with Crippen LogP contribution in [-0.4, -0.2) is 47.5 Å². The SMILES string of the molecule is O[C@@H]1[C@@H](O)[C@@H]2OC[C@@H](O2)[C@@H]1OCc1ccccc1. The van der Waals surface area contributed by atoms with Gasteiger partial charge in [-0.25, -0.2) is 0 Å². The average molecular weight is 252 g/mol. The third kappa shape index (κ3) is 2.15. The molecule has 0 radical (unpaired) electrons. The van der Waals surface area contributed by atoms with Gasteiger partial charge in [0.05, 0.1) is 13.2 Å². The number of aliphatic hydroxyl groups excluding tert-OH is 2. The summed E-state index contributed by atoms with van der Waals surface area (Å²) >= 11 is 0. The first-order valence-electron chi connectivity index (χ1n) is 6.04. The van der Waals surface area contributed by atoms with Crippen LogP contribution in [0.25, 0.3) is 0 Å². The van der Waals surface area contributed by atoms with Gasteiger partial charge < -0.3 is 24.4 Å². The van der Waals surface area contributed by atoms with E-state index in [1.165, 1.54) is 0 Å². The van der Waals surface area contributed by atoms with Crippen molar-refractivity contribution in [2.24, 2.45) is 0 Å². The van der Waals surface area contributed by atoms with Crippen molar-refractivity contribution in [1.82, 2.24) is 0 Å². The molecule has 0 amide bonds. The highest BCUT2D eigenvalue weighted by atomic mass is 16.7. The van der Waals surface area contributed by atoms with Gasteiger partial charge in [-0.1, -0.05) is 30.3 Å². The Morgan fingerprint density at radius 2 is 1.94 bits per heavy atom. The lowest BCUT2D eigenvalue weighted by Crippen LogP contribution is -2.54. The van der Waals surface area contributed by atoms with Gasteiger partial charge in [0.25, 0.3) is 0 Å². The maximum absolute atomic E-state index is 9.96. The van der Waals surface area contributed by atoms with Crippen LogP contribution >= 0.6 is 0 Å². The van der Waals surface area contributed by atoms with E-state index in [2.05, 4.69) is 0 Å². The average Bonchev–Trinajstić information content (AvgIpc) is 2.84. The Morgan fingerprint density at radius 3 is 2.72 bits per heavy atom. The standard InChI is InChI=1S/C13H16O5/c14-10-11(15)13-17-7-9(18-13)12(10)16-6-8-4-2-1-3-5-8/h1-5,9-15H,6-7H2/t9-,10-,11-,12+,13-/m1/s1. The van der Waals surface area contributed by atoms with Crippen molar-refractivity contribution in [3.8, 4) is 0 Å². The van der Waals surface area contributed by atoms with Crippen LogP contribution in [-0.2, 0) is 20.8 Å². The van der Waals surface area contributed by atoms with Gasteiger partial charge in [0.15, 0.2) is 6.29 Å². The van der Waals surface area contributed by atoms with Gasteiger partial charge >= 0.3 is 0 Å². The summed E-state index contributed by atoms with van der Waals surface area (Å²) in [4.78, 5) is 0. The highest BCUT2D eigenvalue weighted by molar-refractivity contribution is 5.13. The number of rotatable bonds is 3. The monoisotopic (exact) mass is 252 g/mol. The third-order valence-corrected chi connectivity index (χ3v) is 3.35. The molecule has 1 aromatic carbocycles. The Hall–Kier alpha value is -0.980. The van der Waals surface area contributed by atoms with Crippen LogP contribution < -0.4 is 0 Å². The van der Waals surface area contributed by atoms with E-state index in [0.717, 1.165) is 5.56 Å². The van der Waals surface area contributed by atoms with Gasteiger partial charge in [0, 0.05) is 0 Å². The lowest BCUT2D eigenvalue weighted by Gasteiger charge is -2.35. The highest BCUT2D eigenvalue weighted by Crippen LogP contribution is 2.30.